The van der Waals surface area contributed by atoms with Crippen LogP contribution in [-0.2, 0) is 16.0 Å². The summed E-state index contributed by atoms with van der Waals surface area (Å²) in [7, 11) is 3.31. The van der Waals surface area contributed by atoms with Gasteiger partial charge in [-0.3, -0.25) is 4.98 Å². The predicted octanol–water partition coefficient (Wildman–Crippen LogP) is 7.81. The Hall–Kier alpha value is -3.02. The number of ether oxygens (including phenoxy) is 4. The van der Waals surface area contributed by atoms with Gasteiger partial charge in [0.1, 0.15) is 5.75 Å². The van der Waals surface area contributed by atoms with Gasteiger partial charge in [0.15, 0.2) is 11.5 Å². The van der Waals surface area contributed by atoms with Crippen LogP contribution in [-0.4, -0.2) is 38.4 Å². The second kappa shape index (κ2) is 17.5. The zero-order chi connectivity index (χ0) is 27.8. The zero-order valence-corrected chi connectivity index (χ0v) is 24.4. The lowest BCUT2D eigenvalue weighted by Crippen LogP contribution is -2.09. The second-order valence-electron chi connectivity index (χ2n) is 9.63. The van der Waals surface area contributed by atoms with E-state index in [4.69, 9.17) is 18.9 Å². The maximum atomic E-state index is 12.9. The van der Waals surface area contributed by atoms with Crippen molar-refractivity contribution < 1.29 is 23.7 Å². The fourth-order valence-corrected chi connectivity index (χ4v) is 4.67. The van der Waals surface area contributed by atoms with E-state index in [1.54, 1.807) is 20.4 Å². The number of aromatic nitrogens is 1. The van der Waals surface area contributed by atoms with Crippen molar-refractivity contribution in [2.75, 3.05) is 27.4 Å². The fraction of sp³-hybridized carbons (Fsp3) is 0.562. The van der Waals surface area contributed by atoms with Crippen molar-refractivity contribution in [1.82, 2.24) is 4.98 Å². The van der Waals surface area contributed by atoms with Crippen LogP contribution in [0.5, 0.6) is 17.2 Å². The van der Waals surface area contributed by atoms with Crippen LogP contribution >= 0.6 is 0 Å². The van der Waals surface area contributed by atoms with Crippen LogP contribution in [0.25, 0.3) is 6.08 Å². The van der Waals surface area contributed by atoms with Gasteiger partial charge in [0, 0.05) is 34.7 Å². The Kier molecular flexibility index (Phi) is 14.4. The van der Waals surface area contributed by atoms with Crippen molar-refractivity contribution in [3.63, 3.8) is 0 Å². The van der Waals surface area contributed by atoms with Gasteiger partial charge in [0.05, 0.1) is 27.4 Å². The number of nitrogens with zero attached hydrogens (tertiary/aromatic N) is 1. The number of benzene rings is 1. The number of rotatable bonds is 18. The molecule has 0 unspecified atom stereocenters. The lowest BCUT2D eigenvalue weighted by Gasteiger charge is -2.21. The summed E-state index contributed by atoms with van der Waals surface area (Å²) in [4.78, 5) is 17.1. The molecule has 0 saturated heterocycles. The number of hydrogen-bond donors (Lipinski definition) is 0. The monoisotopic (exact) mass is 525 g/mol. The fourth-order valence-electron chi connectivity index (χ4n) is 4.67. The summed E-state index contributed by atoms with van der Waals surface area (Å²) in [5.41, 5.74) is 4.46. The molecule has 0 spiro atoms. The number of pyridine rings is 1. The van der Waals surface area contributed by atoms with Gasteiger partial charge < -0.3 is 18.9 Å². The first-order valence-electron chi connectivity index (χ1n) is 14.1. The van der Waals surface area contributed by atoms with Gasteiger partial charge in [-0.25, -0.2) is 4.79 Å². The molecule has 0 N–H and O–H groups in total. The van der Waals surface area contributed by atoms with Crippen molar-refractivity contribution in [1.29, 1.82) is 0 Å². The first kappa shape index (κ1) is 31.2. The van der Waals surface area contributed by atoms with Crippen molar-refractivity contribution in [2.45, 2.75) is 91.9 Å². The highest BCUT2D eigenvalue weighted by Crippen LogP contribution is 2.44. The molecule has 0 aliphatic rings. The first-order valence-corrected chi connectivity index (χ1v) is 14.1. The number of esters is 1. The van der Waals surface area contributed by atoms with Gasteiger partial charge in [-0.15, -0.1) is 0 Å². The Morgan fingerprint density at radius 3 is 2.29 bits per heavy atom. The predicted molar refractivity (Wildman–Crippen MR) is 154 cm³/mol. The summed E-state index contributed by atoms with van der Waals surface area (Å²) in [6.45, 7) is 8.97. The third-order valence-electron chi connectivity index (χ3n) is 6.77. The van der Waals surface area contributed by atoms with Gasteiger partial charge >= 0.3 is 5.97 Å². The largest absolute Gasteiger partial charge is 0.496 e. The van der Waals surface area contributed by atoms with Crippen LogP contribution < -0.4 is 14.2 Å². The zero-order valence-electron chi connectivity index (χ0n) is 24.4. The number of carbonyl (C=O) groups excluding carboxylic acids is 1. The third-order valence-corrected chi connectivity index (χ3v) is 6.77. The number of carbonyl (C=O) groups is 1. The third kappa shape index (κ3) is 9.38. The Labute approximate surface area is 229 Å². The Morgan fingerprint density at radius 1 is 0.895 bits per heavy atom. The molecule has 6 nitrogen and oxygen atoms in total. The molecule has 1 aromatic carbocycles. The molecule has 0 aliphatic heterocycles. The van der Waals surface area contributed by atoms with Crippen LogP contribution in [0, 0.1) is 13.8 Å². The number of hydrogen-bond acceptors (Lipinski definition) is 6. The van der Waals surface area contributed by atoms with Crippen LogP contribution in [0.4, 0.5) is 0 Å². The second-order valence-corrected chi connectivity index (χ2v) is 9.63. The van der Waals surface area contributed by atoms with Crippen molar-refractivity contribution in [3.8, 4) is 17.2 Å². The number of unbranched alkanes of at least 4 members (excludes halogenated alkanes) is 6. The first-order chi connectivity index (χ1) is 18.5. The van der Waals surface area contributed by atoms with Gasteiger partial charge in [-0.2, -0.15) is 0 Å². The van der Waals surface area contributed by atoms with Crippen molar-refractivity contribution in [2.24, 2.45) is 0 Å². The van der Waals surface area contributed by atoms with Gasteiger partial charge in [-0.1, -0.05) is 45.1 Å². The molecule has 38 heavy (non-hydrogen) atoms. The molecule has 0 aliphatic carbocycles. The van der Waals surface area contributed by atoms with E-state index in [-0.39, 0.29) is 5.97 Å². The molecule has 2 rings (SSSR count). The minimum atomic E-state index is -0.287. The number of aryl methyl sites for hydroxylation is 1. The molecule has 0 saturated carbocycles. The summed E-state index contributed by atoms with van der Waals surface area (Å²) in [5, 5.41) is 0. The lowest BCUT2D eigenvalue weighted by molar-refractivity contribution is -0.138. The van der Waals surface area contributed by atoms with Crippen molar-refractivity contribution in [3.05, 3.63) is 52.4 Å². The highest BCUT2D eigenvalue weighted by molar-refractivity contribution is 5.95. The van der Waals surface area contributed by atoms with Crippen LogP contribution in [0.2, 0.25) is 0 Å². The molecule has 210 valence electrons. The Morgan fingerprint density at radius 2 is 1.63 bits per heavy atom. The highest BCUT2D eigenvalue weighted by Gasteiger charge is 2.23. The molecule has 2 aromatic rings. The maximum absolute atomic E-state index is 12.9. The SMILES string of the molecule is CCCCCCCOc1c(C)c(OC)c(/C=C(\CCCCCc2cccnc2)C(=O)OCC)c(C)c1OC. The van der Waals surface area contributed by atoms with Crippen molar-refractivity contribution >= 4 is 12.0 Å². The minimum Gasteiger partial charge on any atom is -0.496 e. The quantitative estimate of drug-likeness (QED) is 0.112. The smallest absolute Gasteiger partial charge is 0.334 e. The molecule has 1 heterocycles. The summed E-state index contributed by atoms with van der Waals surface area (Å²) in [6.07, 6.45) is 16.0. The Bertz CT molecular complexity index is 1020. The van der Waals surface area contributed by atoms with E-state index in [2.05, 4.69) is 18.0 Å². The van der Waals surface area contributed by atoms with E-state index < -0.39 is 0 Å². The van der Waals surface area contributed by atoms with Gasteiger partial charge in [0.25, 0.3) is 0 Å². The molecule has 0 radical (unpaired) electrons. The van der Waals surface area contributed by atoms with E-state index in [1.807, 2.05) is 39.1 Å². The summed E-state index contributed by atoms with van der Waals surface area (Å²) in [5.74, 6) is 1.80. The average Bonchev–Trinajstić information content (AvgIpc) is 2.92. The maximum Gasteiger partial charge on any atom is 0.334 e. The molecular formula is C32H47NO5. The average molecular weight is 526 g/mol. The molecule has 0 atom stereocenters. The topological polar surface area (TPSA) is 66.9 Å². The molecule has 1 aromatic heterocycles. The molecule has 6 heteroatoms. The number of methoxy groups -OCH3 is 2. The molecule has 0 amide bonds. The minimum absolute atomic E-state index is 0.287. The van der Waals surface area contributed by atoms with Crippen LogP contribution in [0.3, 0.4) is 0 Å². The lowest BCUT2D eigenvalue weighted by atomic mass is 9.96. The van der Waals surface area contributed by atoms with Gasteiger partial charge in [-0.05, 0) is 70.6 Å². The van der Waals surface area contributed by atoms with E-state index in [1.165, 1.54) is 24.8 Å². The van der Waals surface area contributed by atoms with Crippen LogP contribution in [0.1, 0.15) is 93.9 Å². The normalized spacial score (nSPS) is 11.4. The summed E-state index contributed by atoms with van der Waals surface area (Å²) in [6, 6.07) is 4.06. The standard InChI is InChI=1S/C32H47NO5/c1-7-9-10-11-15-21-38-31-25(4)29(35-5)28(24(3)30(31)36-6)22-27(32(34)37-8-2)19-14-12-13-17-26-18-16-20-33-23-26/h16,18,20,22-23H,7-15,17,19,21H2,1-6H3/b27-22+. The van der Waals surface area contributed by atoms with E-state index in [9.17, 15) is 4.79 Å². The molecule has 0 fully saturated rings. The van der Waals surface area contributed by atoms with E-state index in [0.29, 0.717) is 42.5 Å². The Balaban J connectivity index is 2.23. The molecule has 0 bridgehead atoms. The highest BCUT2D eigenvalue weighted by atomic mass is 16.5. The van der Waals surface area contributed by atoms with Gasteiger partial charge in [0.2, 0.25) is 0 Å². The van der Waals surface area contributed by atoms with Crippen LogP contribution in [0.15, 0.2) is 30.1 Å². The summed E-state index contributed by atoms with van der Waals surface area (Å²) >= 11 is 0. The van der Waals surface area contributed by atoms with E-state index >= 15 is 0 Å². The molecular weight excluding hydrogens is 478 g/mol. The summed E-state index contributed by atoms with van der Waals surface area (Å²) < 4.78 is 23.3. The van der Waals surface area contributed by atoms with E-state index in [0.717, 1.165) is 55.2 Å².